The molecule has 3 N–H and O–H groups in total. The molecule has 1 aromatic rings. The Labute approximate surface area is 83.4 Å². The van der Waals surface area contributed by atoms with E-state index in [0.717, 1.165) is 4.47 Å². The van der Waals surface area contributed by atoms with E-state index in [1.165, 1.54) is 0 Å². The second kappa shape index (κ2) is 4.13. The zero-order valence-corrected chi connectivity index (χ0v) is 8.24. The molecule has 0 aliphatic heterocycles. The average Bonchev–Trinajstić information content (AvgIpc) is 1.99. The van der Waals surface area contributed by atoms with Crippen LogP contribution in [0.4, 0.5) is 5.69 Å². The van der Waals surface area contributed by atoms with Crippen LogP contribution in [0.15, 0.2) is 22.7 Å². The molecule has 0 fully saturated rings. The maximum Gasteiger partial charge on any atom is 0.341 e. The molecule has 13 heavy (non-hydrogen) atoms. The van der Waals surface area contributed by atoms with Crippen molar-refractivity contribution in [3.8, 4) is 5.75 Å². The molecule has 1 aromatic carbocycles. The molecular formula is C8H8BrNO3. The van der Waals surface area contributed by atoms with Crippen molar-refractivity contribution in [2.24, 2.45) is 0 Å². The summed E-state index contributed by atoms with van der Waals surface area (Å²) in [5.41, 5.74) is 6.03. The zero-order valence-electron chi connectivity index (χ0n) is 6.66. The molecule has 0 heterocycles. The summed E-state index contributed by atoms with van der Waals surface area (Å²) in [6, 6.07) is 4.92. The van der Waals surface area contributed by atoms with E-state index in [9.17, 15) is 4.79 Å². The Hall–Kier alpha value is -1.23. The largest absolute Gasteiger partial charge is 0.482 e. The molecule has 0 saturated heterocycles. The van der Waals surface area contributed by atoms with Gasteiger partial charge in [-0.2, -0.15) is 0 Å². The lowest BCUT2D eigenvalue weighted by Crippen LogP contribution is -2.09. The lowest BCUT2D eigenvalue weighted by Gasteiger charge is -2.04. The first-order valence-electron chi connectivity index (χ1n) is 3.48. The number of anilines is 1. The molecule has 0 bridgehead atoms. The summed E-state index contributed by atoms with van der Waals surface area (Å²) < 4.78 is 5.68. The highest BCUT2D eigenvalue weighted by Gasteiger charge is 2.00. The lowest BCUT2D eigenvalue weighted by atomic mass is 10.3. The quantitative estimate of drug-likeness (QED) is 0.792. The third kappa shape index (κ3) is 3.33. The van der Waals surface area contributed by atoms with Crippen LogP contribution in [-0.4, -0.2) is 17.7 Å². The summed E-state index contributed by atoms with van der Waals surface area (Å²) in [4.78, 5) is 10.2. The van der Waals surface area contributed by atoms with Crippen LogP contribution in [0.25, 0.3) is 0 Å². The molecule has 0 atom stereocenters. The van der Waals surface area contributed by atoms with Crippen molar-refractivity contribution in [3.63, 3.8) is 0 Å². The van der Waals surface area contributed by atoms with Gasteiger partial charge in [0.1, 0.15) is 5.75 Å². The third-order valence-electron chi connectivity index (χ3n) is 1.26. The highest BCUT2D eigenvalue weighted by Crippen LogP contribution is 2.22. The number of hydrogen-bond donors (Lipinski definition) is 2. The Balaban J connectivity index is 2.71. The first-order chi connectivity index (χ1) is 6.08. The molecule has 0 saturated carbocycles. The normalized spacial score (nSPS) is 9.62. The predicted molar refractivity (Wildman–Crippen MR) is 51.7 cm³/mol. The fourth-order valence-electron chi connectivity index (χ4n) is 0.813. The molecule has 0 amide bonds. The molecule has 0 aliphatic rings. The van der Waals surface area contributed by atoms with Crippen LogP contribution in [0.5, 0.6) is 5.75 Å². The number of halogens is 1. The second-order valence-electron chi connectivity index (χ2n) is 2.40. The van der Waals surface area contributed by atoms with Crippen LogP contribution in [0.1, 0.15) is 0 Å². The first kappa shape index (κ1) is 9.85. The minimum absolute atomic E-state index is 0.365. The Morgan fingerprint density at radius 3 is 2.77 bits per heavy atom. The number of carboxylic acid groups (broad SMARTS) is 1. The lowest BCUT2D eigenvalue weighted by molar-refractivity contribution is -0.139. The van der Waals surface area contributed by atoms with E-state index >= 15 is 0 Å². The number of rotatable bonds is 3. The predicted octanol–water partition coefficient (Wildman–Crippen LogP) is 1.49. The van der Waals surface area contributed by atoms with E-state index in [2.05, 4.69) is 15.9 Å². The summed E-state index contributed by atoms with van der Waals surface area (Å²) in [5.74, 6) is -0.576. The molecule has 0 spiro atoms. The molecular weight excluding hydrogens is 238 g/mol. The highest BCUT2D eigenvalue weighted by molar-refractivity contribution is 9.10. The Morgan fingerprint density at radius 2 is 2.23 bits per heavy atom. The zero-order chi connectivity index (χ0) is 9.84. The number of benzene rings is 1. The highest BCUT2D eigenvalue weighted by atomic mass is 79.9. The maximum absolute atomic E-state index is 10.2. The maximum atomic E-state index is 10.2. The smallest absolute Gasteiger partial charge is 0.341 e. The number of ether oxygens (including phenoxy) is 1. The third-order valence-corrected chi connectivity index (χ3v) is 1.71. The van der Waals surface area contributed by atoms with Crippen molar-refractivity contribution in [3.05, 3.63) is 22.7 Å². The van der Waals surface area contributed by atoms with Crippen LogP contribution >= 0.6 is 15.9 Å². The van der Waals surface area contributed by atoms with E-state index in [-0.39, 0.29) is 6.61 Å². The van der Waals surface area contributed by atoms with Crippen LogP contribution in [0.3, 0.4) is 0 Å². The van der Waals surface area contributed by atoms with Gasteiger partial charge in [-0.1, -0.05) is 15.9 Å². The summed E-state index contributed by atoms with van der Waals surface area (Å²) in [5, 5.41) is 8.35. The summed E-state index contributed by atoms with van der Waals surface area (Å²) in [6.07, 6.45) is 0. The minimum atomic E-state index is -1.02. The molecule has 0 radical (unpaired) electrons. The Kier molecular flexibility index (Phi) is 3.13. The van der Waals surface area contributed by atoms with E-state index < -0.39 is 5.97 Å². The molecule has 0 aromatic heterocycles. The van der Waals surface area contributed by atoms with Gasteiger partial charge in [-0.25, -0.2) is 4.79 Å². The topological polar surface area (TPSA) is 72.5 Å². The van der Waals surface area contributed by atoms with Gasteiger partial charge in [-0.3, -0.25) is 0 Å². The number of nitrogens with two attached hydrogens (primary N) is 1. The number of carbonyl (C=O) groups is 1. The standard InChI is InChI=1S/C8H8BrNO3/c9-5-1-6(10)3-7(2-5)13-4-8(11)12/h1-3H,4,10H2,(H,11,12). The number of aliphatic carboxylic acids is 1. The fourth-order valence-corrected chi connectivity index (χ4v) is 1.30. The minimum Gasteiger partial charge on any atom is -0.482 e. The monoisotopic (exact) mass is 245 g/mol. The van der Waals surface area contributed by atoms with E-state index in [1.807, 2.05) is 0 Å². The number of carboxylic acids is 1. The SMILES string of the molecule is Nc1cc(Br)cc(OCC(=O)O)c1. The van der Waals surface area contributed by atoms with Gasteiger partial charge in [0, 0.05) is 16.2 Å². The average molecular weight is 246 g/mol. The molecule has 0 aliphatic carbocycles. The van der Waals surface area contributed by atoms with Gasteiger partial charge in [0.2, 0.25) is 0 Å². The Bertz CT molecular complexity index is 307. The van der Waals surface area contributed by atoms with Crippen molar-refractivity contribution in [2.75, 3.05) is 12.3 Å². The fraction of sp³-hybridized carbons (Fsp3) is 0.125. The van der Waals surface area contributed by atoms with Crippen LogP contribution in [0.2, 0.25) is 0 Å². The van der Waals surface area contributed by atoms with Crippen LogP contribution < -0.4 is 10.5 Å². The van der Waals surface area contributed by atoms with Crippen molar-refractivity contribution in [2.45, 2.75) is 0 Å². The summed E-state index contributed by atoms with van der Waals surface area (Å²) in [7, 11) is 0. The van der Waals surface area contributed by atoms with Gasteiger partial charge in [0.15, 0.2) is 6.61 Å². The van der Waals surface area contributed by atoms with Gasteiger partial charge in [-0.05, 0) is 12.1 Å². The first-order valence-corrected chi connectivity index (χ1v) is 4.28. The van der Waals surface area contributed by atoms with Crippen LogP contribution in [0, 0.1) is 0 Å². The Morgan fingerprint density at radius 1 is 1.54 bits per heavy atom. The van der Waals surface area contributed by atoms with Gasteiger partial charge < -0.3 is 15.6 Å². The molecule has 4 nitrogen and oxygen atoms in total. The van der Waals surface area contributed by atoms with Crippen molar-refractivity contribution >= 4 is 27.6 Å². The van der Waals surface area contributed by atoms with Crippen molar-refractivity contribution in [1.82, 2.24) is 0 Å². The van der Waals surface area contributed by atoms with Gasteiger partial charge in [-0.15, -0.1) is 0 Å². The van der Waals surface area contributed by atoms with Gasteiger partial charge >= 0.3 is 5.97 Å². The van der Waals surface area contributed by atoms with E-state index in [4.69, 9.17) is 15.6 Å². The number of nitrogen functional groups attached to an aromatic ring is 1. The molecule has 5 heteroatoms. The second-order valence-corrected chi connectivity index (χ2v) is 3.32. The number of hydrogen-bond acceptors (Lipinski definition) is 3. The van der Waals surface area contributed by atoms with Gasteiger partial charge in [0.05, 0.1) is 0 Å². The summed E-state index contributed by atoms with van der Waals surface area (Å²) >= 11 is 3.21. The molecule has 0 unspecified atom stereocenters. The van der Waals surface area contributed by atoms with E-state index in [1.54, 1.807) is 18.2 Å². The molecule has 1 rings (SSSR count). The van der Waals surface area contributed by atoms with Gasteiger partial charge in [0.25, 0.3) is 0 Å². The van der Waals surface area contributed by atoms with Crippen LogP contribution in [-0.2, 0) is 4.79 Å². The summed E-state index contributed by atoms with van der Waals surface area (Å²) in [6.45, 7) is -0.365. The van der Waals surface area contributed by atoms with Crippen molar-refractivity contribution in [1.29, 1.82) is 0 Å². The van der Waals surface area contributed by atoms with E-state index in [0.29, 0.717) is 11.4 Å². The van der Waals surface area contributed by atoms with Crippen molar-refractivity contribution < 1.29 is 14.6 Å². The molecule has 70 valence electrons.